The van der Waals surface area contributed by atoms with Gasteiger partial charge in [0.15, 0.2) is 0 Å². The van der Waals surface area contributed by atoms with Gasteiger partial charge in [0.1, 0.15) is 0 Å². The molecule has 0 saturated carbocycles. The Hall–Kier alpha value is -10.6. The summed E-state index contributed by atoms with van der Waals surface area (Å²) in [5, 5.41) is 13.0. The molecule has 0 aliphatic rings. The van der Waals surface area contributed by atoms with Crippen LogP contribution < -0.4 is 4.90 Å². The van der Waals surface area contributed by atoms with Gasteiger partial charge in [0.25, 0.3) is 0 Å². The monoisotopic (exact) mass is 1040 g/mol. The maximum absolute atomic E-state index is 2.38. The first-order valence-corrected chi connectivity index (χ1v) is 27.8. The maximum atomic E-state index is 2.38. The van der Waals surface area contributed by atoms with E-state index in [1.165, 1.54) is 120 Å². The molecule has 0 amide bonds. The van der Waals surface area contributed by atoms with Gasteiger partial charge in [0, 0.05) is 137 Å². The van der Waals surface area contributed by atoms with E-state index >= 15 is 0 Å². The molecule has 0 N–H and O–H groups in total. The van der Waals surface area contributed by atoms with Crippen LogP contribution in [0.1, 0.15) is 0 Å². The molecule has 0 saturated heterocycles. The van der Waals surface area contributed by atoms with E-state index in [9.17, 15) is 0 Å². The SMILES string of the molecule is Cn1c2ccccc2c2cc(-n3c4ccccc4c4ccccc43)ccc21.Cn1c2ccccc2c2cc(-n3c4ccccc4c4ccccc43)ccc21.Cn1c2ccccc2c2cc(N(c3ccccc3)c3ccccc3)ccc21. The molecule has 0 bridgehead atoms. The molecule has 17 aromatic rings. The first-order valence-electron chi connectivity index (χ1n) is 27.8. The first-order chi connectivity index (χ1) is 40.0. The Balaban J connectivity index is 0.000000104. The standard InChI is InChI=1S/2C25H18N2.C25H20N2/c2*1-26-22-11-5-2-10-20(22)21-16-17(14-15-23(21)26)27-24-12-6-3-8-18(24)19-9-4-7-13-25(19)27;1-26-24-15-9-8-14-22(24)23-18-21(16-17-25(23)26)27(19-10-4-2-5-11-19)20-12-6-3-7-13-20/h2*2-16H,1H3;2-18H,1H3. The number of rotatable bonds is 5. The molecule has 12 aromatic carbocycles. The van der Waals surface area contributed by atoms with E-state index in [0.717, 1.165) is 17.1 Å². The maximum Gasteiger partial charge on any atom is 0.0541 e. The van der Waals surface area contributed by atoms with Crippen LogP contribution >= 0.6 is 0 Å². The van der Waals surface area contributed by atoms with Gasteiger partial charge in [0.2, 0.25) is 0 Å². The number of benzene rings is 12. The van der Waals surface area contributed by atoms with Gasteiger partial charge >= 0.3 is 0 Å². The fraction of sp³-hybridized carbons (Fsp3) is 0.0400. The Labute approximate surface area is 469 Å². The number of aryl methyl sites for hydroxylation is 3. The van der Waals surface area contributed by atoms with Crippen LogP contribution in [0.15, 0.2) is 285 Å². The summed E-state index contributed by atoms with van der Waals surface area (Å²) in [7, 11) is 6.42. The summed E-state index contributed by atoms with van der Waals surface area (Å²) in [5.74, 6) is 0. The zero-order chi connectivity index (χ0) is 54.1. The molecule has 5 heterocycles. The average Bonchev–Trinajstić information content (AvgIpc) is 4.50. The van der Waals surface area contributed by atoms with Crippen LogP contribution in [-0.2, 0) is 21.1 Å². The van der Waals surface area contributed by atoms with Crippen LogP contribution in [0.25, 0.3) is 120 Å². The zero-order valence-electron chi connectivity index (χ0n) is 45.3. The smallest absolute Gasteiger partial charge is 0.0541 e. The van der Waals surface area contributed by atoms with E-state index in [-0.39, 0.29) is 0 Å². The predicted molar refractivity (Wildman–Crippen MR) is 345 cm³/mol. The van der Waals surface area contributed by atoms with Gasteiger partial charge in [-0.3, -0.25) is 0 Å². The molecule has 0 unspecified atom stereocenters. The first kappa shape index (κ1) is 47.6. The van der Waals surface area contributed by atoms with Crippen LogP contribution in [0.4, 0.5) is 17.1 Å². The van der Waals surface area contributed by atoms with Crippen LogP contribution in [-0.4, -0.2) is 22.8 Å². The highest BCUT2D eigenvalue weighted by atomic mass is 15.1. The van der Waals surface area contributed by atoms with E-state index in [2.05, 4.69) is 334 Å². The predicted octanol–water partition coefficient (Wildman–Crippen LogP) is 19.7. The topological polar surface area (TPSA) is 27.9 Å². The van der Waals surface area contributed by atoms with E-state index in [1.54, 1.807) is 0 Å². The normalized spacial score (nSPS) is 11.6. The van der Waals surface area contributed by atoms with Crippen molar-refractivity contribution in [2.75, 3.05) is 4.90 Å². The number of hydrogen-bond donors (Lipinski definition) is 0. The van der Waals surface area contributed by atoms with Crippen molar-refractivity contribution in [1.29, 1.82) is 0 Å². The summed E-state index contributed by atoms with van der Waals surface area (Å²) in [6.45, 7) is 0. The molecule has 6 heteroatoms. The number of aromatic nitrogens is 5. The second kappa shape index (κ2) is 19.4. The number of hydrogen-bond acceptors (Lipinski definition) is 1. The van der Waals surface area contributed by atoms with E-state index in [4.69, 9.17) is 0 Å². The summed E-state index contributed by atoms with van der Waals surface area (Å²) in [5.41, 5.74) is 18.5. The molecule has 0 fully saturated rings. The molecule has 0 atom stereocenters. The zero-order valence-corrected chi connectivity index (χ0v) is 45.3. The van der Waals surface area contributed by atoms with Crippen molar-refractivity contribution in [2.24, 2.45) is 21.1 Å². The van der Waals surface area contributed by atoms with Crippen molar-refractivity contribution in [1.82, 2.24) is 22.8 Å². The van der Waals surface area contributed by atoms with Crippen molar-refractivity contribution < 1.29 is 0 Å². The number of fused-ring (bicyclic) bond motifs is 15. The van der Waals surface area contributed by atoms with Crippen molar-refractivity contribution >= 4 is 126 Å². The van der Waals surface area contributed by atoms with Gasteiger partial charge in [-0.2, -0.15) is 0 Å². The molecule has 81 heavy (non-hydrogen) atoms. The summed E-state index contributed by atoms with van der Waals surface area (Å²) in [6.07, 6.45) is 0. The van der Waals surface area contributed by atoms with Crippen molar-refractivity contribution in [3.8, 4) is 11.4 Å². The number of anilines is 3. The summed E-state index contributed by atoms with van der Waals surface area (Å²) in [4.78, 5) is 2.31. The molecule has 17 rings (SSSR count). The van der Waals surface area contributed by atoms with Crippen LogP contribution in [0, 0.1) is 0 Å². The van der Waals surface area contributed by atoms with Crippen LogP contribution in [0.3, 0.4) is 0 Å². The molecule has 386 valence electrons. The van der Waals surface area contributed by atoms with E-state index < -0.39 is 0 Å². The summed E-state index contributed by atoms with van der Waals surface area (Å²) < 4.78 is 11.6. The van der Waals surface area contributed by atoms with Crippen LogP contribution in [0.2, 0.25) is 0 Å². The average molecular weight is 1040 g/mol. The lowest BCUT2D eigenvalue weighted by molar-refractivity contribution is 1.01. The second-order valence-corrected chi connectivity index (χ2v) is 21.1. The molecule has 0 aliphatic heterocycles. The van der Waals surface area contributed by atoms with Gasteiger partial charge in [-0.05, 0) is 121 Å². The van der Waals surface area contributed by atoms with Gasteiger partial charge < -0.3 is 27.7 Å². The Morgan fingerprint density at radius 2 is 0.444 bits per heavy atom. The molecule has 6 nitrogen and oxygen atoms in total. The minimum absolute atomic E-state index is 1.16. The lowest BCUT2D eigenvalue weighted by Crippen LogP contribution is -2.09. The third-order valence-corrected chi connectivity index (χ3v) is 16.7. The third-order valence-electron chi connectivity index (χ3n) is 16.7. The van der Waals surface area contributed by atoms with Gasteiger partial charge in [0.05, 0.1) is 22.1 Å². The van der Waals surface area contributed by atoms with Gasteiger partial charge in [-0.15, -0.1) is 0 Å². The molecule has 0 aliphatic carbocycles. The lowest BCUT2D eigenvalue weighted by atomic mass is 10.1. The van der Waals surface area contributed by atoms with Gasteiger partial charge in [-0.1, -0.05) is 164 Å². The summed E-state index contributed by atoms with van der Waals surface area (Å²) >= 11 is 0. The highest BCUT2D eigenvalue weighted by molar-refractivity contribution is 6.14. The van der Waals surface area contributed by atoms with E-state index in [0.29, 0.717) is 0 Å². The minimum atomic E-state index is 1.16. The van der Waals surface area contributed by atoms with Gasteiger partial charge in [-0.25, -0.2) is 0 Å². The van der Waals surface area contributed by atoms with Crippen molar-refractivity contribution in [2.45, 2.75) is 0 Å². The fourth-order valence-corrected chi connectivity index (χ4v) is 12.9. The molecule has 0 radical (unpaired) electrons. The Bertz CT molecular complexity index is 4850. The van der Waals surface area contributed by atoms with Crippen LogP contribution in [0.5, 0.6) is 0 Å². The Morgan fingerprint density at radius 1 is 0.198 bits per heavy atom. The lowest BCUT2D eigenvalue weighted by Gasteiger charge is -2.25. The molecular formula is C75H56N6. The third kappa shape index (κ3) is 7.78. The van der Waals surface area contributed by atoms with Crippen molar-refractivity contribution in [3.63, 3.8) is 0 Å². The second-order valence-electron chi connectivity index (χ2n) is 21.1. The Morgan fingerprint density at radius 3 is 0.778 bits per heavy atom. The van der Waals surface area contributed by atoms with Crippen molar-refractivity contribution in [3.05, 3.63) is 285 Å². The molecule has 5 aromatic heterocycles. The number of para-hydroxylation sites is 9. The quantitative estimate of drug-likeness (QED) is 0.169. The molecular weight excluding hydrogens is 985 g/mol. The number of nitrogens with zero attached hydrogens (tertiary/aromatic N) is 6. The summed E-state index contributed by atoms with van der Waals surface area (Å²) in [6, 6.07) is 102. The Kier molecular flexibility index (Phi) is 11.4. The molecule has 0 spiro atoms. The van der Waals surface area contributed by atoms with E-state index in [1.807, 2.05) is 0 Å². The largest absolute Gasteiger partial charge is 0.344 e. The highest BCUT2D eigenvalue weighted by Crippen LogP contribution is 2.40. The minimum Gasteiger partial charge on any atom is -0.344 e. The highest BCUT2D eigenvalue weighted by Gasteiger charge is 2.18. The fourth-order valence-electron chi connectivity index (χ4n) is 12.9.